The predicted molar refractivity (Wildman–Crippen MR) is 96.4 cm³/mol. The molecule has 0 aliphatic carbocycles. The SMILES string of the molecule is COc1ccc(Cn2nc(COC(C)(C)C)c3ccccc32)cc1. The third-order valence-electron chi connectivity index (χ3n) is 3.87. The van der Waals surface area contributed by atoms with Crippen molar-refractivity contribution < 1.29 is 9.47 Å². The standard InChI is InChI=1S/C20H24N2O2/c1-20(2,3)24-14-18-17-7-5-6-8-19(17)22(21-18)13-15-9-11-16(23-4)12-10-15/h5-12H,13-14H2,1-4H3. The van der Waals surface area contributed by atoms with Crippen LogP contribution in [0.15, 0.2) is 48.5 Å². The Kier molecular flexibility index (Phi) is 4.58. The fourth-order valence-corrected chi connectivity index (χ4v) is 2.61. The van der Waals surface area contributed by atoms with Crippen LogP contribution < -0.4 is 4.74 Å². The lowest BCUT2D eigenvalue weighted by molar-refractivity contribution is -0.0161. The van der Waals surface area contributed by atoms with E-state index >= 15 is 0 Å². The number of ether oxygens (including phenoxy) is 2. The largest absolute Gasteiger partial charge is 0.497 e. The highest BCUT2D eigenvalue weighted by molar-refractivity contribution is 5.81. The minimum absolute atomic E-state index is 0.180. The molecule has 2 aromatic carbocycles. The number of methoxy groups -OCH3 is 1. The van der Waals surface area contributed by atoms with Gasteiger partial charge >= 0.3 is 0 Å². The van der Waals surface area contributed by atoms with Crippen LogP contribution in [0.3, 0.4) is 0 Å². The molecule has 3 aromatic rings. The molecule has 0 bridgehead atoms. The lowest BCUT2D eigenvalue weighted by Crippen LogP contribution is -2.19. The average molecular weight is 324 g/mol. The second-order valence-electron chi connectivity index (χ2n) is 6.87. The molecule has 0 unspecified atom stereocenters. The van der Waals surface area contributed by atoms with Crippen molar-refractivity contribution in [3.8, 4) is 5.75 Å². The molecule has 0 saturated heterocycles. The maximum absolute atomic E-state index is 5.92. The quantitative estimate of drug-likeness (QED) is 0.697. The van der Waals surface area contributed by atoms with Crippen LogP contribution in [0.25, 0.3) is 10.9 Å². The monoisotopic (exact) mass is 324 g/mol. The van der Waals surface area contributed by atoms with E-state index in [1.165, 1.54) is 5.56 Å². The van der Waals surface area contributed by atoms with E-state index in [0.717, 1.165) is 28.9 Å². The second-order valence-corrected chi connectivity index (χ2v) is 6.87. The van der Waals surface area contributed by atoms with Crippen LogP contribution in [-0.2, 0) is 17.9 Å². The van der Waals surface area contributed by atoms with Crippen molar-refractivity contribution >= 4 is 10.9 Å². The fourth-order valence-electron chi connectivity index (χ4n) is 2.61. The van der Waals surface area contributed by atoms with Gasteiger partial charge in [-0.05, 0) is 44.5 Å². The molecule has 126 valence electrons. The molecule has 3 rings (SSSR count). The van der Waals surface area contributed by atoms with E-state index in [4.69, 9.17) is 14.6 Å². The molecule has 0 amide bonds. The van der Waals surface area contributed by atoms with Crippen molar-refractivity contribution in [1.29, 1.82) is 0 Å². The van der Waals surface area contributed by atoms with Gasteiger partial charge in [0.25, 0.3) is 0 Å². The van der Waals surface area contributed by atoms with Crippen molar-refractivity contribution in [2.75, 3.05) is 7.11 Å². The minimum atomic E-state index is -0.180. The first kappa shape index (κ1) is 16.5. The lowest BCUT2D eigenvalue weighted by Gasteiger charge is -2.18. The van der Waals surface area contributed by atoms with Gasteiger partial charge < -0.3 is 9.47 Å². The summed E-state index contributed by atoms with van der Waals surface area (Å²) in [6, 6.07) is 16.4. The third kappa shape index (κ3) is 3.77. The van der Waals surface area contributed by atoms with Gasteiger partial charge in [0.2, 0.25) is 0 Å². The maximum atomic E-state index is 5.92. The van der Waals surface area contributed by atoms with Gasteiger partial charge in [-0.3, -0.25) is 4.68 Å². The van der Waals surface area contributed by atoms with E-state index < -0.39 is 0 Å². The third-order valence-corrected chi connectivity index (χ3v) is 3.87. The summed E-state index contributed by atoms with van der Waals surface area (Å²) < 4.78 is 13.2. The van der Waals surface area contributed by atoms with Gasteiger partial charge in [0.1, 0.15) is 5.75 Å². The Bertz CT molecular complexity index is 814. The first-order valence-corrected chi connectivity index (χ1v) is 8.17. The second kappa shape index (κ2) is 6.65. The molecule has 0 spiro atoms. The lowest BCUT2D eigenvalue weighted by atomic mass is 10.2. The van der Waals surface area contributed by atoms with Crippen molar-refractivity contribution in [2.24, 2.45) is 0 Å². The smallest absolute Gasteiger partial charge is 0.118 e. The van der Waals surface area contributed by atoms with Crippen LogP contribution in [-0.4, -0.2) is 22.5 Å². The highest BCUT2D eigenvalue weighted by atomic mass is 16.5. The highest BCUT2D eigenvalue weighted by Gasteiger charge is 2.15. The molecule has 0 N–H and O–H groups in total. The molecule has 4 heteroatoms. The van der Waals surface area contributed by atoms with Crippen molar-refractivity contribution in [1.82, 2.24) is 9.78 Å². The summed E-state index contributed by atoms with van der Waals surface area (Å²) in [5.74, 6) is 0.864. The summed E-state index contributed by atoms with van der Waals surface area (Å²) in [6.45, 7) is 7.41. The van der Waals surface area contributed by atoms with Crippen molar-refractivity contribution in [3.05, 3.63) is 59.8 Å². The Labute approximate surface area is 143 Å². The van der Waals surface area contributed by atoms with Gasteiger partial charge in [-0.2, -0.15) is 5.10 Å². The molecule has 0 radical (unpaired) electrons. The topological polar surface area (TPSA) is 36.3 Å². The number of aromatic nitrogens is 2. The molecule has 1 heterocycles. The molecule has 0 fully saturated rings. The Balaban J connectivity index is 1.89. The van der Waals surface area contributed by atoms with Crippen LogP contribution in [0.1, 0.15) is 32.0 Å². The minimum Gasteiger partial charge on any atom is -0.497 e. The number of hydrogen-bond acceptors (Lipinski definition) is 3. The maximum Gasteiger partial charge on any atom is 0.118 e. The highest BCUT2D eigenvalue weighted by Crippen LogP contribution is 2.22. The molecule has 0 atom stereocenters. The average Bonchev–Trinajstić information content (AvgIpc) is 2.91. The molecular formula is C20H24N2O2. The molecule has 0 aliphatic heterocycles. The first-order chi connectivity index (χ1) is 11.5. The van der Waals surface area contributed by atoms with Gasteiger partial charge in [-0.1, -0.05) is 30.3 Å². The van der Waals surface area contributed by atoms with Crippen LogP contribution in [0, 0.1) is 0 Å². The summed E-state index contributed by atoms with van der Waals surface area (Å²) in [6.07, 6.45) is 0. The van der Waals surface area contributed by atoms with Crippen LogP contribution >= 0.6 is 0 Å². The number of para-hydroxylation sites is 1. The Hall–Kier alpha value is -2.33. The molecule has 24 heavy (non-hydrogen) atoms. The molecular weight excluding hydrogens is 300 g/mol. The number of hydrogen-bond donors (Lipinski definition) is 0. The summed E-state index contributed by atoms with van der Waals surface area (Å²) in [5, 5.41) is 5.94. The Morgan fingerprint density at radius 2 is 1.71 bits per heavy atom. The van der Waals surface area contributed by atoms with Crippen molar-refractivity contribution in [2.45, 2.75) is 39.5 Å². The normalized spacial score (nSPS) is 11.8. The molecule has 1 aromatic heterocycles. The van der Waals surface area contributed by atoms with E-state index in [2.05, 4.69) is 45.0 Å². The van der Waals surface area contributed by atoms with Gasteiger partial charge in [-0.15, -0.1) is 0 Å². The van der Waals surface area contributed by atoms with Gasteiger partial charge in [0.05, 0.1) is 37.1 Å². The zero-order chi connectivity index (χ0) is 17.2. The summed E-state index contributed by atoms with van der Waals surface area (Å²) in [4.78, 5) is 0. The first-order valence-electron chi connectivity index (χ1n) is 8.17. The number of rotatable bonds is 5. The van der Waals surface area contributed by atoms with E-state index in [-0.39, 0.29) is 5.60 Å². The molecule has 0 aliphatic rings. The van der Waals surface area contributed by atoms with Crippen LogP contribution in [0.4, 0.5) is 0 Å². The number of fused-ring (bicyclic) bond motifs is 1. The summed E-state index contributed by atoms with van der Waals surface area (Å²) in [5.41, 5.74) is 3.11. The number of benzene rings is 2. The van der Waals surface area contributed by atoms with Gasteiger partial charge in [0.15, 0.2) is 0 Å². The van der Waals surface area contributed by atoms with Gasteiger partial charge in [-0.25, -0.2) is 0 Å². The Morgan fingerprint density at radius 1 is 1.00 bits per heavy atom. The van der Waals surface area contributed by atoms with Gasteiger partial charge in [0, 0.05) is 5.39 Å². The predicted octanol–water partition coefficient (Wildman–Crippen LogP) is 4.41. The van der Waals surface area contributed by atoms with E-state index in [9.17, 15) is 0 Å². The van der Waals surface area contributed by atoms with E-state index in [1.54, 1.807) is 7.11 Å². The summed E-state index contributed by atoms with van der Waals surface area (Å²) in [7, 11) is 1.68. The Morgan fingerprint density at radius 3 is 2.38 bits per heavy atom. The van der Waals surface area contributed by atoms with E-state index in [0.29, 0.717) is 6.61 Å². The van der Waals surface area contributed by atoms with Crippen LogP contribution in [0.5, 0.6) is 5.75 Å². The summed E-state index contributed by atoms with van der Waals surface area (Å²) >= 11 is 0. The zero-order valence-electron chi connectivity index (χ0n) is 14.7. The number of nitrogens with zero attached hydrogens (tertiary/aromatic N) is 2. The van der Waals surface area contributed by atoms with Crippen LogP contribution in [0.2, 0.25) is 0 Å². The molecule has 0 saturated carbocycles. The zero-order valence-corrected chi connectivity index (χ0v) is 14.7. The molecule has 4 nitrogen and oxygen atoms in total. The van der Waals surface area contributed by atoms with E-state index in [1.807, 2.05) is 28.9 Å². The fraction of sp³-hybridized carbons (Fsp3) is 0.350. The van der Waals surface area contributed by atoms with Crippen molar-refractivity contribution in [3.63, 3.8) is 0 Å².